The summed E-state index contributed by atoms with van der Waals surface area (Å²) in [5.41, 5.74) is 1.07. The molecule has 0 aromatic carbocycles. The number of aliphatic hydroxyl groups is 1. The molecule has 0 aliphatic heterocycles. The van der Waals surface area contributed by atoms with Gasteiger partial charge in [-0.1, -0.05) is 0 Å². The molecular weight excluding hydrogens is 168 g/mol. The number of pyridine rings is 1. The number of H-pyrrole nitrogens is 1. The molecule has 0 unspecified atom stereocenters. The second-order valence-electron chi connectivity index (χ2n) is 3.45. The number of hydrogen-bond donors (Lipinski definition) is 2. The highest BCUT2D eigenvalue weighted by Crippen LogP contribution is 2.20. The molecule has 5 heteroatoms. The molecule has 0 amide bonds. The van der Waals surface area contributed by atoms with Crippen molar-refractivity contribution in [1.29, 1.82) is 0 Å². The summed E-state index contributed by atoms with van der Waals surface area (Å²) in [5, 5.41) is 19.9. The summed E-state index contributed by atoms with van der Waals surface area (Å²) >= 11 is 0. The quantitative estimate of drug-likeness (QED) is 0.669. The molecule has 0 aliphatic carbocycles. The number of nitrogens with zero attached hydrogens (tertiary/aromatic N) is 3. The lowest BCUT2D eigenvalue weighted by atomic mass is 10.0. The van der Waals surface area contributed by atoms with Crippen LogP contribution in [0.1, 0.15) is 19.4 Å². The van der Waals surface area contributed by atoms with Crippen molar-refractivity contribution in [1.82, 2.24) is 20.4 Å². The number of nitrogens with one attached hydrogen (secondary N) is 1. The van der Waals surface area contributed by atoms with Crippen LogP contribution in [0, 0.1) is 0 Å². The molecule has 0 saturated heterocycles. The second-order valence-corrected chi connectivity index (χ2v) is 3.45. The predicted octanol–water partition coefficient (Wildman–Crippen LogP) is 0.580. The normalized spacial score (nSPS) is 12.2. The van der Waals surface area contributed by atoms with Crippen LogP contribution < -0.4 is 0 Å². The van der Waals surface area contributed by atoms with Gasteiger partial charge in [0.1, 0.15) is 5.52 Å². The van der Waals surface area contributed by atoms with Gasteiger partial charge >= 0.3 is 0 Å². The maximum atomic E-state index is 9.69. The third-order valence-electron chi connectivity index (χ3n) is 1.88. The lowest BCUT2D eigenvalue weighted by molar-refractivity contribution is 0.0784. The van der Waals surface area contributed by atoms with Crippen molar-refractivity contribution in [3.63, 3.8) is 0 Å². The number of fused-ring (bicyclic) bond motifs is 1. The number of rotatable bonds is 1. The van der Waals surface area contributed by atoms with E-state index in [0.717, 1.165) is 5.56 Å². The van der Waals surface area contributed by atoms with E-state index >= 15 is 0 Å². The van der Waals surface area contributed by atoms with Gasteiger partial charge in [-0.25, -0.2) is 4.98 Å². The summed E-state index contributed by atoms with van der Waals surface area (Å²) in [4.78, 5) is 4.04. The molecule has 0 saturated carbocycles. The first-order valence-electron chi connectivity index (χ1n) is 3.97. The van der Waals surface area contributed by atoms with Gasteiger partial charge in [-0.05, 0) is 19.9 Å². The van der Waals surface area contributed by atoms with Crippen molar-refractivity contribution >= 4 is 11.2 Å². The Balaban J connectivity index is 2.61. The minimum absolute atomic E-state index is 0.563. The monoisotopic (exact) mass is 178 g/mol. The highest BCUT2D eigenvalue weighted by atomic mass is 16.3. The second kappa shape index (κ2) is 2.50. The van der Waals surface area contributed by atoms with E-state index in [-0.39, 0.29) is 0 Å². The SMILES string of the molecule is CC(C)(O)c1cnc2n[nH]nc2c1. The Bertz CT molecular complexity index is 429. The molecule has 0 radical (unpaired) electrons. The fraction of sp³-hybridized carbons (Fsp3) is 0.375. The molecular formula is C8H10N4O. The number of aromatic amines is 1. The summed E-state index contributed by atoms with van der Waals surface area (Å²) in [6.45, 7) is 3.41. The molecule has 2 aromatic heterocycles. The van der Waals surface area contributed by atoms with Crippen molar-refractivity contribution in [2.75, 3.05) is 0 Å². The van der Waals surface area contributed by atoms with Crippen LogP contribution in [0.2, 0.25) is 0 Å². The first-order chi connectivity index (χ1) is 6.07. The number of aromatic nitrogens is 4. The van der Waals surface area contributed by atoms with Crippen LogP contribution in [0.25, 0.3) is 11.2 Å². The van der Waals surface area contributed by atoms with Crippen LogP contribution in [-0.4, -0.2) is 25.5 Å². The van der Waals surface area contributed by atoms with E-state index in [1.54, 1.807) is 26.1 Å². The third kappa shape index (κ3) is 1.38. The van der Waals surface area contributed by atoms with Crippen molar-refractivity contribution in [2.24, 2.45) is 0 Å². The average Bonchev–Trinajstić information content (AvgIpc) is 2.47. The third-order valence-corrected chi connectivity index (χ3v) is 1.88. The minimum atomic E-state index is -0.889. The summed E-state index contributed by atoms with van der Waals surface area (Å²) in [5.74, 6) is 0. The molecule has 2 heterocycles. The van der Waals surface area contributed by atoms with E-state index in [4.69, 9.17) is 0 Å². The first kappa shape index (κ1) is 8.12. The zero-order chi connectivity index (χ0) is 9.47. The Morgan fingerprint density at radius 1 is 1.38 bits per heavy atom. The Morgan fingerprint density at radius 3 is 2.85 bits per heavy atom. The smallest absolute Gasteiger partial charge is 0.201 e. The number of hydrogen-bond acceptors (Lipinski definition) is 4. The Labute approximate surface area is 74.8 Å². The highest BCUT2D eigenvalue weighted by molar-refractivity contribution is 5.69. The zero-order valence-corrected chi connectivity index (χ0v) is 7.44. The van der Waals surface area contributed by atoms with Crippen LogP contribution >= 0.6 is 0 Å². The first-order valence-corrected chi connectivity index (χ1v) is 3.97. The van der Waals surface area contributed by atoms with Gasteiger partial charge in [0.05, 0.1) is 5.60 Å². The van der Waals surface area contributed by atoms with Gasteiger partial charge in [-0.2, -0.15) is 10.3 Å². The van der Waals surface area contributed by atoms with Gasteiger partial charge < -0.3 is 5.11 Å². The molecule has 2 N–H and O–H groups in total. The van der Waals surface area contributed by atoms with Crippen LogP contribution in [0.5, 0.6) is 0 Å². The van der Waals surface area contributed by atoms with Gasteiger partial charge in [0.15, 0.2) is 0 Å². The maximum absolute atomic E-state index is 9.69. The van der Waals surface area contributed by atoms with E-state index in [9.17, 15) is 5.11 Å². The van der Waals surface area contributed by atoms with Crippen LogP contribution in [0.4, 0.5) is 0 Å². The van der Waals surface area contributed by atoms with Crippen LogP contribution in [0.15, 0.2) is 12.3 Å². The zero-order valence-electron chi connectivity index (χ0n) is 7.44. The Hall–Kier alpha value is -1.49. The van der Waals surface area contributed by atoms with E-state index in [1.807, 2.05) is 0 Å². The standard InChI is InChI=1S/C8H10N4O/c1-8(2,13)5-3-6-7(9-4-5)11-12-10-6/h3-4,13H,1-2H3,(H,9,10,11,12). The van der Waals surface area contributed by atoms with E-state index in [0.29, 0.717) is 11.2 Å². The van der Waals surface area contributed by atoms with Gasteiger partial charge in [-0.15, -0.1) is 5.10 Å². The van der Waals surface area contributed by atoms with E-state index in [1.165, 1.54) is 0 Å². The van der Waals surface area contributed by atoms with E-state index < -0.39 is 5.60 Å². The van der Waals surface area contributed by atoms with E-state index in [2.05, 4.69) is 20.4 Å². The maximum Gasteiger partial charge on any atom is 0.201 e. The van der Waals surface area contributed by atoms with Crippen molar-refractivity contribution in [2.45, 2.75) is 19.4 Å². The fourth-order valence-corrected chi connectivity index (χ4v) is 1.08. The molecule has 2 rings (SSSR count). The predicted molar refractivity (Wildman–Crippen MR) is 46.9 cm³/mol. The molecule has 2 aromatic rings. The van der Waals surface area contributed by atoms with Crippen LogP contribution in [-0.2, 0) is 5.60 Å². The molecule has 0 atom stereocenters. The Morgan fingerprint density at radius 2 is 2.15 bits per heavy atom. The molecule has 0 fully saturated rings. The Kier molecular flexibility index (Phi) is 1.56. The summed E-state index contributed by atoms with van der Waals surface area (Å²) in [6.07, 6.45) is 1.60. The van der Waals surface area contributed by atoms with Gasteiger partial charge in [0, 0.05) is 11.8 Å². The minimum Gasteiger partial charge on any atom is -0.386 e. The summed E-state index contributed by atoms with van der Waals surface area (Å²) in [6, 6.07) is 1.77. The average molecular weight is 178 g/mol. The molecule has 0 bridgehead atoms. The summed E-state index contributed by atoms with van der Waals surface area (Å²) < 4.78 is 0. The van der Waals surface area contributed by atoms with Gasteiger partial charge in [0.25, 0.3) is 0 Å². The topological polar surface area (TPSA) is 74.7 Å². The van der Waals surface area contributed by atoms with Gasteiger partial charge in [0.2, 0.25) is 5.65 Å². The molecule has 13 heavy (non-hydrogen) atoms. The van der Waals surface area contributed by atoms with Gasteiger partial charge in [-0.3, -0.25) is 0 Å². The largest absolute Gasteiger partial charge is 0.386 e. The van der Waals surface area contributed by atoms with Crippen molar-refractivity contribution in [3.8, 4) is 0 Å². The lowest BCUT2D eigenvalue weighted by Gasteiger charge is -2.16. The molecule has 68 valence electrons. The molecule has 0 aliphatic rings. The molecule has 5 nitrogen and oxygen atoms in total. The lowest BCUT2D eigenvalue weighted by Crippen LogP contribution is -2.15. The van der Waals surface area contributed by atoms with Crippen LogP contribution in [0.3, 0.4) is 0 Å². The summed E-state index contributed by atoms with van der Waals surface area (Å²) in [7, 11) is 0. The fourth-order valence-electron chi connectivity index (χ4n) is 1.08. The van der Waals surface area contributed by atoms with Crippen molar-refractivity contribution < 1.29 is 5.11 Å². The highest BCUT2D eigenvalue weighted by Gasteiger charge is 2.17. The van der Waals surface area contributed by atoms with Crippen molar-refractivity contribution in [3.05, 3.63) is 17.8 Å². The molecule has 0 spiro atoms.